The van der Waals surface area contributed by atoms with Crippen molar-refractivity contribution >= 4 is 6.09 Å². The molecule has 14 heavy (non-hydrogen) atoms. The van der Waals surface area contributed by atoms with Gasteiger partial charge >= 0.3 is 6.09 Å². The lowest BCUT2D eigenvalue weighted by atomic mass is 10.2. The lowest BCUT2D eigenvalue weighted by Crippen LogP contribution is -2.37. The summed E-state index contributed by atoms with van der Waals surface area (Å²) in [6.07, 6.45) is -0.981. The van der Waals surface area contributed by atoms with E-state index in [1.54, 1.807) is 4.90 Å². The molecule has 1 heterocycles. The molecule has 1 amide bonds. The molecule has 80 valence electrons. The van der Waals surface area contributed by atoms with Gasteiger partial charge in [0.05, 0.1) is 0 Å². The number of nitrogens with zero attached hydrogens (tertiary/aromatic N) is 1. The second-order valence-electron chi connectivity index (χ2n) is 5.16. The number of amides is 1. The average molecular weight is 201 g/mol. The molecule has 2 aliphatic rings. The molecule has 0 N–H and O–H groups in total. The fourth-order valence-corrected chi connectivity index (χ4v) is 1.93. The van der Waals surface area contributed by atoms with Crippen LogP contribution in [0.1, 0.15) is 20.8 Å². The van der Waals surface area contributed by atoms with Crippen LogP contribution in [0.5, 0.6) is 0 Å². The number of ether oxygens (including phenoxy) is 1. The van der Waals surface area contributed by atoms with E-state index in [0.29, 0.717) is 13.1 Å². The molecule has 0 spiro atoms. The van der Waals surface area contributed by atoms with Crippen molar-refractivity contribution in [3.8, 4) is 0 Å². The molecule has 1 saturated heterocycles. The van der Waals surface area contributed by atoms with Crippen LogP contribution in [0.2, 0.25) is 0 Å². The number of alkyl halides is 1. The molecule has 0 radical (unpaired) electrons. The summed E-state index contributed by atoms with van der Waals surface area (Å²) in [6.45, 7) is 6.56. The van der Waals surface area contributed by atoms with Gasteiger partial charge in [-0.1, -0.05) is 0 Å². The van der Waals surface area contributed by atoms with E-state index in [-0.39, 0.29) is 17.9 Å². The van der Waals surface area contributed by atoms with Gasteiger partial charge in [0.15, 0.2) is 0 Å². The largest absolute Gasteiger partial charge is 0.444 e. The minimum Gasteiger partial charge on any atom is -0.444 e. The smallest absolute Gasteiger partial charge is 0.410 e. The first-order valence-electron chi connectivity index (χ1n) is 5.00. The molecule has 1 aliphatic carbocycles. The Labute approximate surface area is 83.2 Å². The predicted molar refractivity (Wildman–Crippen MR) is 49.7 cm³/mol. The van der Waals surface area contributed by atoms with Crippen LogP contribution in [0.15, 0.2) is 0 Å². The fourth-order valence-electron chi connectivity index (χ4n) is 1.93. The summed E-state index contributed by atoms with van der Waals surface area (Å²) < 4.78 is 18.0. The van der Waals surface area contributed by atoms with Crippen LogP contribution >= 0.6 is 0 Å². The Morgan fingerprint density at radius 2 is 1.86 bits per heavy atom. The number of hydrogen-bond donors (Lipinski definition) is 0. The number of likely N-dealkylation sites (tertiary alicyclic amines) is 1. The second-order valence-corrected chi connectivity index (χ2v) is 5.16. The lowest BCUT2D eigenvalue weighted by molar-refractivity contribution is 0.0262. The van der Waals surface area contributed by atoms with E-state index >= 15 is 0 Å². The monoisotopic (exact) mass is 201 g/mol. The number of halogens is 1. The zero-order valence-electron chi connectivity index (χ0n) is 8.79. The molecular formula is C10H16FNO2. The molecule has 0 aromatic heterocycles. The topological polar surface area (TPSA) is 29.5 Å². The molecule has 2 rings (SSSR count). The minimum atomic E-state index is -0.673. The van der Waals surface area contributed by atoms with Gasteiger partial charge in [0.25, 0.3) is 0 Å². The van der Waals surface area contributed by atoms with Gasteiger partial charge in [0, 0.05) is 24.9 Å². The highest BCUT2D eigenvalue weighted by Gasteiger charge is 2.58. The first-order valence-corrected chi connectivity index (χ1v) is 5.00. The number of fused-ring (bicyclic) bond motifs is 1. The third kappa shape index (κ3) is 1.70. The van der Waals surface area contributed by atoms with Crippen LogP contribution in [0, 0.1) is 11.8 Å². The van der Waals surface area contributed by atoms with Crippen LogP contribution in [0.3, 0.4) is 0 Å². The number of rotatable bonds is 0. The van der Waals surface area contributed by atoms with E-state index in [2.05, 4.69) is 0 Å². The second kappa shape index (κ2) is 2.84. The molecular weight excluding hydrogens is 185 g/mol. The SMILES string of the molecule is CC(C)(C)OC(=O)N1CC2C(F)C2C1. The van der Waals surface area contributed by atoms with E-state index in [4.69, 9.17) is 4.74 Å². The highest BCUT2D eigenvalue weighted by molar-refractivity contribution is 5.69. The number of carbonyl (C=O) groups is 1. The van der Waals surface area contributed by atoms with Crippen LogP contribution in [0.25, 0.3) is 0 Å². The van der Waals surface area contributed by atoms with Crippen molar-refractivity contribution in [3.05, 3.63) is 0 Å². The Hall–Kier alpha value is -0.800. The maximum atomic E-state index is 12.8. The first kappa shape index (κ1) is 9.74. The highest BCUT2D eigenvalue weighted by Crippen LogP contribution is 2.48. The Bertz CT molecular complexity index is 249. The van der Waals surface area contributed by atoms with Crippen molar-refractivity contribution in [1.82, 2.24) is 4.90 Å². The van der Waals surface area contributed by atoms with Gasteiger partial charge in [0.2, 0.25) is 0 Å². The molecule has 2 fully saturated rings. The Morgan fingerprint density at radius 3 is 2.29 bits per heavy atom. The van der Waals surface area contributed by atoms with Crippen LogP contribution in [0.4, 0.5) is 9.18 Å². The maximum Gasteiger partial charge on any atom is 0.410 e. The van der Waals surface area contributed by atoms with Crippen LogP contribution < -0.4 is 0 Å². The number of piperidine rings is 1. The third-order valence-electron chi connectivity index (χ3n) is 2.74. The van der Waals surface area contributed by atoms with E-state index in [9.17, 15) is 9.18 Å². The molecule has 4 heteroatoms. The van der Waals surface area contributed by atoms with E-state index in [1.807, 2.05) is 20.8 Å². The minimum absolute atomic E-state index is 0.0857. The van der Waals surface area contributed by atoms with Gasteiger partial charge in [-0.2, -0.15) is 0 Å². The van der Waals surface area contributed by atoms with Gasteiger partial charge in [-0.05, 0) is 20.8 Å². The summed E-state index contributed by atoms with van der Waals surface area (Å²) >= 11 is 0. The number of hydrogen-bond acceptors (Lipinski definition) is 2. The van der Waals surface area contributed by atoms with Crippen molar-refractivity contribution in [2.45, 2.75) is 32.5 Å². The molecule has 0 aromatic rings. The molecule has 1 saturated carbocycles. The normalized spacial score (nSPS) is 35.4. The maximum absolute atomic E-state index is 12.8. The molecule has 0 bridgehead atoms. The summed E-state index contributed by atoms with van der Waals surface area (Å²) in [5.41, 5.74) is -0.459. The molecule has 0 aromatic carbocycles. The Balaban J connectivity index is 1.84. The van der Waals surface area contributed by atoms with Crippen molar-refractivity contribution < 1.29 is 13.9 Å². The number of carbonyl (C=O) groups excluding carboxylic acids is 1. The van der Waals surface area contributed by atoms with Gasteiger partial charge in [0.1, 0.15) is 11.8 Å². The van der Waals surface area contributed by atoms with Crippen LogP contribution in [-0.2, 0) is 4.74 Å². The van der Waals surface area contributed by atoms with Gasteiger partial charge < -0.3 is 9.64 Å². The summed E-state index contributed by atoms with van der Waals surface area (Å²) in [6, 6.07) is 0. The van der Waals surface area contributed by atoms with E-state index in [1.165, 1.54) is 0 Å². The van der Waals surface area contributed by atoms with E-state index < -0.39 is 11.8 Å². The summed E-state index contributed by atoms with van der Waals surface area (Å²) in [5.74, 6) is 0.171. The molecule has 2 unspecified atom stereocenters. The first-order chi connectivity index (χ1) is 6.38. The summed E-state index contributed by atoms with van der Waals surface area (Å²) in [7, 11) is 0. The Kier molecular flexibility index (Phi) is 1.98. The molecule has 2 atom stereocenters. The van der Waals surface area contributed by atoms with Crippen molar-refractivity contribution in [2.24, 2.45) is 11.8 Å². The van der Waals surface area contributed by atoms with Crippen molar-refractivity contribution in [3.63, 3.8) is 0 Å². The zero-order chi connectivity index (χ0) is 10.5. The van der Waals surface area contributed by atoms with Gasteiger partial charge in [-0.3, -0.25) is 0 Å². The standard InChI is InChI=1S/C10H16FNO2/c1-10(2,3)14-9(13)12-4-6-7(5-12)8(6)11/h6-8H,4-5H2,1-3H3. The quantitative estimate of drug-likeness (QED) is 0.598. The fraction of sp³-hybridized carbons (Fsp3) is 0.900. The molecule has 3 nitrogen and oxygen atoms in total. The van der Waals surface area contributed by atoms with Gasteiger partial charge in [-0.25, -0.2) is 9.18 Å². The predicted octanol–water partition coefficient (Wildman–Crippen LogP) is 1.82. The van der Waals surface area contributed by atoms with Crippen molar-refractivity contribution in [1.29, 1.82) is 0 Å². The summed E-state index contributed by atoms with van der Waals surface area (Å²) in [5, 5.41) is 0. The third-order valence-corrected chi connectivity index (χ3v) is 2.74. The molecule has 1 aliphatic heterocycles. The zero-order valence-corrected chi connectivity index (χ0v) is 8.79. The Morgan fingerprint density at radius 1 is 1.36 bits per heavy atom. The summed E-state index contributed by atoms with van der Waals surface area (Å²) in [4.78, 5) is 13.1. The van der Waals surface area contributed by atoms with Crippen LogP contribution in [-0.4, -0.2) is 35.9 Å². The van der Waals surface area contributed by atoms with Crippen molar-refractivity contribution in [2.75, 3.05) is 13.1 Å². The lowest BCUT2D eigenvalue weighted by Gasteiger charge is -2.25. The average Bonchev–Trinajstić information content (AvgIpc) is 2.47. The van der Waals surface area contributed by atoms with Gasteiger partial charge in [-0.15, -0.1) is 0 Å². The van der Waals surface area contributed by atoms with E-state index in [0.717, 1.165) is 0 Å². The highest BCUT2D eigenvalue weighted by atomic mass is 19.1.